The number of anilines is 1. The summed E-state index contributed by atoms with van der Waals surface area (Å²) < 4.78 is 11.2. The van der Waals surface area contributed by atoms with Crippen LogP contribution in [0.4, 0.5) is 5.69 Å². The van der Waals surface area contributed by atoms with Gasteiger partial charge in [0.1, 0.15) is 6.61 Å². The van der Waals surface area contributed by atoms with E-state index >= 15 is 0 Å². The number of benzene rings is 3. The Hall–Kier alpha value is -2.69. The summed E-state index contributed by atoms with van der Waals surface area (Å²) >= 11 is 12.0. The van der Waals surface area contributed by atoms with Gasteiger partial charge in [-0.05, 0) is 60.5 Å². The van der Waals surface area contributed by atoms with Gasteiger partial charge in [0.2, 0.25) is 0 Å². The maximum Gasteiger partial charge on any atom is 0.255 e. The minimum Gasteiger partial charge on any atom is -0.493 e. The van der Waals surface area contributed by atoms with E-state index in [1.54, 1.807) is 36.4 Å². The van der Waals surface area contributed by atoms with Crippen molar-refractivity contribution in [3.63, 3.8) is 0 Å². The zero-order chi connectivity index (χ0) is 20.1. The molecule has 144 valence electrons. The van der Waals surface area contributed by atoms with Crippen molar-refractivity contribution >= 4 is 34.8 Å². The second-order valence-electron chi connectivity index (χ2n) is 6.15. The number of methoxy groups -OCH3 is 1. The van der Waals surface area contributed by atoms with Crippen LogP contribution in [0.5, 0.6) is 11.5 Å². The first-order valence-corrected chi connectivity index (χ1v) is 9.35. The molecule has 28 heavy (non-hydrogen) atoms. The van der Waals surface area contributed by atoms with Gasteiger partial charge in [0, 0.05) is 21.3 Å². The van der Waals surface area contributed by atoms with Crippen LogP contribution in [0.15, 0.2) is 60.7 Å². The van der Waals surface area contributed by atoms with Crippen molar-refractivity contribution in [3.05, 3.63) is 87.4 Å². The van der Waals surface area contributed by atoms with Crippen LogP contribution in [-0.4, -0.2) is 13.0 Å². The highest BCUT2D eigenvalue weighted by Gasteiger charge is 2.13. The molecule has 0 bridgehead atoms. The molecule has 0 aromatic heterocycles. The Morgan fingerprint density at radius 1 is 1.00 bits per heavy atom. The second-order valence-corrected chi connectivity index (χ2v) is 6.99. The Morgan fingerprint density at radius 2 is 1.75 bits per heavy atom. The van der Waals surface area contributed by atoms with E-state index in [1.165, 1.54) is 7.11 Å². The van der Waals surface area contributed by atoms with Crippen LogP contribution in [0.3, 0.4) is 0 Å². The van der Waals surface area contributed by atoms with Crippen molar-refractivity contribution in [2.24, 2.45) is 0 Å². The molecule has 0 saturated heterocycles. The fourth-order valence-electron chi connectivity index (χ4n) is 2.61. The molecule has 0 spiro atoms. The Kier molecular flexibility index (Phi) is 6.45. The number of ether oxygens (including phenoxy) is 2. The minimum absolute atomic E-state index is 0.257. The van der Waals surface area contributed by atoms with Crippen LogP contribution in [0.1, 0.15) is 21.5 Å². The molecular weight excluding hydrogens is 397 g/mol. The zero-order valence-corrected chi connectivity index (χ0v) is 17.0. The molecular formula is C22H19Cl2NO3. The predicted octanol–water partition coefficient (Wildman–Crippen LogP) is 6.14. The molecule has 0 aliphatic rings. The number of rotatable bonds is 6. The van der Waals surface area contributed by atoms with Gasteiger partial charge in [-0.15, -0.1) is 0 Å². The number of carbonyl (C=O) groups is 1. The Bertz CT molecular complexity index is 988. The molecule has 3 aromatic rings. The van der Waals surface area contributed by atoms with Crippen LogP contribution in [0, 0.1) is 6.92 Å². The zero-order valence-electron chi connectivity index (χ0n) is 15.5. The normalized spacial score (nSPS) is 10.4. The fourth-order valence-corrected chi connectivity index (χ4v) is 2.91. The summed E-state index contributed by atoms with van der Waals surface area (Å²) in [5, 5.41) is 4.14. The number of hydrogen-bond acceptors (Lipinski definition) is 3. The molecule has 0 radical (unpaired) electrons. The SMILES string of the molecule is COc1cc(C(=O)Nc2cccc(Cl)c2C)ccc1OCc1ccc(Cl)cc1. The first kappa shape index (κ1) is 20.1. The standard InChI is InChI=1S/C22H19Cl2NO3/c1-14-18(24)4-3-5-19(14)25-22(26)16-8-11-20(21(12-16)27-2)28-13-15-6-9-17(23)10-7-15/h3-12H,13H2,1-2H3,(H,25,26). The molecule has 0 fully saturated rings. The van der Waals surface area contributed by atoms with E-state index in [1.807, 2.05) is 31.2 Å². The van der Waals surface area contributed by atoms with E-state index in [0.29, 0.717) is 39.4 Å². The van der Waals surface area contributed by atoms with Gasteiger partial charge in [0.25, 0.3) is 5.91 Å². The van der Waals surface area contributed by atoms with Crippen molar-refractivity contribution in [2.45, 2.75) is 13.5 Å². The molecule has 1 amide bonds. The molecule has 1 N–H and O–H groups in total. The molecule has 0 aliphatic carbocycles. The average Bonchev–Trinajstić information content (AvgIpc) is 2.71. The molecule has 3 rings (SSSR count). The lowest BCUT2D eigenvalue weighted by Crippen LogP contribution is -2.13. The summed E-state index contributed by atoms with van der Waals surface area (Å²) in [5.74, 6) is 0.769. The van der Waals surface area contributed by atoms with E-state index in [2.05, 4.69) is 5.32 Å². The highest BCUT2D eigenvalue weighted by molar-refractivity contribution is 6.31. The van der Waals surface area contributed by atoms with Crippen molar-refractivity contribution in [3.8, 4) is 11.5 Å². The summed E-state index contributed by atoms with van der Waals surface area (Å²) in [6.07, 6.45) is 0. The second kappa shape index (κ2) is 9.00. The lowest BCUT2D eigenvalue weighted by Gasteiger charge is -2.13. The van der Waals surface area contributed by atoms with Crippen LogP contribution in [0.25, 0.3) is 0 Å². The summed E-state index contributed by atoms with van der Waals surface area (Å²) in [4.78, 5) is 12.6. The lowest BCUT2D eigenvalue weighted by molar-refractivity contribution is 0.102. The van der Waals surface area contributed by atoms with Crippen molar-refractivity contribution in [1.82, 2.24) is 0 Å². The van der Waals surface area contributed by atoms with E-state index < -0.39 is 0 Å². The van der Waals surface area contributed by atoms with Crippen LogP contribution in [0.2, 0.25) is 10.0 Å². The van der Waals surface area contributed by atoms with E-state index in [0.717, 1.165) is 11.1 Å². The van der Waals surface area contributed by atoms with Gasteiger partial charge in [-0.25, -0.2) is 0 Å². The third-order valence-electron chi connectivity index (χ3n) is 4.25. The number of hydrogen-bond donors (Lipinski definition) is 1. The third-order valence-corrected chi connectivity index (χ3v) is 4.91. The number of amides is 1. The predicted molar refractivity (Wildman–Crippen MR) is 113 cm³/mol. The largest absolute Gasteiger partial charge is 0.493 e. The molecule has 3 aromatic carbocycles. The van der Waals surface area contributed by atoms with Crippen LogP contribution < -0.4 is 14.8 Å². The van der Waals surface area contributed by atoms with Gasteiger partial charge in [-0.1, -0.05) is 41.4 Å². The van der Waals surface area contributed by atoms with Crippen molar-refractivity contribution < 1.29 is 14.3 Å². The molecule has 0 unspecified atom stereocenters. The smallest absolute Gasteiger partial charge is 0.255 e. The summed E-state index contributed by atoms with van der Waals surface area (Å²) in [7, 11) is 1.54. The Balaban J connectivity index is 1.73. The van der Waals surface area contributed by atoms with Gasteiger partial charge >= 0.3 is 0 Å². The summed E-state index contributed by atoms with van der Waals surface area (Å²) in [6.45, 7) is 2.22. The van der Waals surface area contributed by atoms with E-state index in [4.69, 9.17) is 32.7 Å². The topological polar surface area (TPSA) is 47.6 Å². The molecule has 4 nitrogen and oxygen atoms in total. The van der Waals surface area contributed by atoms with Gasteiger partial charge in [0.05, 0.1) is 7.11 Å². The van der Waals surface area contributed by atoms with Gasteiger partial charge in [-0.3, -0.25) is 4.79 Å². The monoisotopic (exact) mass is 415 g/mol. The highest BCUT2D eigenvalue weighted by Crippen LogP contribution is 2.30. The highest BCUT2D eigenvalue weighted by atomic mass is 35.5. The summed E-state index contributed by atoms with van der Waals surface area (Å²) in [5.41, 5.74) is 2.91. The van der Waals surface area contributed by atoms with Crippen molar-refractivity contribution in [1.29, 1.82) is 0 Å². The molecule has 0 heterocycles. The maximum absolute atomic E-state index is 12.6. The van der Waals surface area contributed by atoms with E-state index in [-0.39, 0.29) is 5.91 Å². The Morgan fingerprint density at radius 3 is 2.46 bits per heavy atom. The first-order valence-electron chi connectivity index (χ1n) is 8.59. The van der Waals surface area contributed by atoms with Crippen LogP contribution >= 0.6 is 23.2 Å². The Labute approximate surface area is 174 Å². The molecule has 6 heteroatoms. The van der Waals surface area contributed by atoms with E-state index in [9.17, 15) is 4.79 Å². The quantitative estimate of drug-likeness (QED) is 0.525. The van der Waals surface area contributed by atoms with Gasteiger partial charge < -0.3 is 14.8 Å². The molecule has 0 aliphatic heterocycles. The van der Waals surface area contributed by atoms with Crippen LogP contribution in [-0.2, 0) is 6.61 Å². The number of nitrogens with one attached hydrogen (secondary N) is 1. The third kappa shape index (κ3) is 4.77. The van der Waals surface area contributed by atoms with Gasteiger partial charge in [-0.2, -0.15) is 0 Å². The van der Waals surface area contributed by atoms with Gasteiger partial charge in [0.15, 0.2) is 11.5 Å². The minimum atomic E-state index is -0.257. The maximum atomic E-state index is 12.6. The average molecular weight is 416 g/mol. The molecule has 0 saturated carbocycles. The first-order chi connectivity index (χ1) is 13.5. The molecule has 0 atom stereocenters. The fraction of sp³-hybridized carbons (Fsp3) is 0.136. The lowest BCUT2D eigenvalue weighted by atomic mass is 10.1. The number of halogens is 2. The van der Waals surface area contributed by atoms with Crippen molar-refractivity contribution in [2.75, 3.05) is 12.4 Å². The summed E-state index contributed by atoms with van der Waals surface area (Å²) in [6, 6.07) is 17.8. The number of carbonyl (C=O) groups excluding carboxylic acids is 1.